The Balaban J connectivity index is 4.39. The number of rotatable bonds is 37. The van der Waals surface area contributed by atoms with Crippen molar-refractivity contribution in [2.24, 2.45) is 0 Å². The van der Waals surface area contributed by atoms with Gasteiger partial charge in [-0.2, -0.15) is 0 Å². The van der Waals surface area contributed by atoms with Crippen molar-refractivity contribution >= 4 is 13.8 Å². The van der Waals surface area contributed by atoms with Crippen LogP contribution in [0.1, 0.15) is 149 Å². The summed E-state index contributed by atoms with van der Waals surface area (Å²) in [5.74, 6) is -0.464. The molecule has 0 saturated carbocycles. The second-order valence-electron chi connectivity index (χ2n) is 13.0. The predicted molar refractivity (Wildman–Crippen MR) is 214 cm³/mol. The molecule has 52 heavy (non-hydrogen) atoms. The van der Waals surface area contributed by atoms with E-state index < -0.39 is 45.8 Å². The normalized spacial score (nSPS) is 14.9. The maximum absolute atomic E-state index is 12.5. The van der Waals surface area contributed by atoms with Gasteiger partial charge in [0.05, 0.1) is 26.1 Å². The number of aliphatic hydroxyl groups excluding tert-OH is 2. The molecular weight excluding hydrogens is 679 g/mol. The Hall–Kier alpha value is -2.26. The van der Waals surface area contributed by atoms with Crippen molar-refractivity contribution in [1.29, 1.82) is 0 Å². The molecule has 0 aromatic heterocycles. The second-order valence-corrected chi connectivity index (χ2v) is 14.4. The van der Waals surface area contributed by atoms with Gasteiger partial charge in [-0.3, -0.25) is 13.8 Å². The second kappa shape index (κ2) is 38.5. The van der Waals surface area contributed by atoms with Crippen molar-refractivity contribution < 1.29 is 43.0 Å². The molecular formula is C42H73O9P. The summed E-state index contributed by atoms with van der Waals surface area (Å²) in [6, 6.07) is 0. The minimum atomic E-state index is -4.55. The van der Waals surface area contributed by atoms with E-state index in [1.54, 1.807) is 6.26 Å². The van der Waals surface area contributed by atoms with Crippen molar-refractivity contribution in [3.8, 4) is 0 Å². The van der Waals surface area contributed by atoms with Crippen LogP contribution < -0.4 is 0 Å². The third-order valence-electron chi connectivity index (χ3n) is 7.97. The van der Waals surface area contributed by atoms with Gasteiger partial charge in [-0.05, 0) is 63.9 Å². The fourth-order valence-corrected chi connectivity index (χ4v) is 5.73. The van der Waals surface area contributed by atoms with Gasteiger partial charge in [-0.15, -0.1) is 0 Å². The average molecular weight is 753 g/mol. The fourth-order valence-electron chi connectivity index (χ4n) is 4.94. The number of hydrogen-bond acceptors (Lipinski definition) is 8. The predicted octanol–water partition coefficient (Wildman–Crippen LogP) is 10.9. The van der Waals surface area contributed by atoms with E-state index in [2.05, 4.69) is 68.5 Å². The van der Waals surface area contributed by atoms with Crippen LogP contribution in [0.2, 0.25) is 0 Å². The van der Waals surface area contributed by atoms with Gasteiger partial charge in [0.25, 0.3) is 0 Å². The highest BCUT2D eigenvalue weighted by Gasteiger charge is 2.26. The number of carbonyl (C=O) groups excluding carboxylic acids is 1. The zero-order valence-electron chi connectivity index (χ0n) is 32.5. The highest BCUT2D eigenvalue weighted by molar-refractivity contribution is 7.47. The number of phosphoric ester groups is 1. The van der Waals surface area contributed by atoms with Crippen LogP contribution in [0.4, 0.5) is 0 Å². The van der Waals surface area contributed by atoms with Crippen LogP contribution in [0.15, 0.2) is 73.1 Å². The highest BCUT2D eigenvalue weighted by atomic mass is 31.2. The largest absolute Gasteiger partial charge is 0.498 e. The average Bonchev–Trinajstić information content (AvgIpc) is 3.13. The molecule has 0 amide bonds. The number of allylic oxidation sites excluding steroid dienone is 11. The number of phosphoric acid groups is 1. The minimum Gasteiger partial charge on any atom is -0.498 e. The molecule has 0 bridgehead atoms. The first kappa shape index (κ1) is 49.7. The topological polar surface area (TPSA) is 132 Å². The molecule has 3 N–H and O–H groups in total. The van der Waals surface area contributed by atoms with E-state index in [0.29, 0.717) is 6.42 Å². The number of carbonyl (C=O) groups is 1. The Bertz CT molecular complexity index is 1030. The van der Waals surface area contributed by atoms with Gasteiger partial charge in [0.2, 0.25) is 0 Å². The molecule has 0 radical (unpaired) electrons. The Kier molecular flexibility index (Phi) is 36.8. The molecule has 300 valence electrons. The lowest BCUT2D eigenvalue weighted by atomic mass is 10.0. The van der Waals surface area contributed by atoms with Gasteiger partial charge in [-0.1, -0.05) is 145 Å². The molecule has 3 atom stereocenters. The molecule has 9 nitrogen and oxygen atoms in total. The fraction of sp³-hybridized carbons (Fsp3) is 0.690. The Morgan fingerprint density at radius 3 is 1.63 bits per heavy atom. The van der Waals surface area contributed by atoms with Crippen molar-refractivity contribution in [2.75, 3.05) is 26.4 Å². The molecule has 0 spiro atoms. The van der Waals surface area contributed by atoms with Gasteiger partial charge in [-0.25, -0.2) is 4.57 Å². The van der Waals surface area contributed by atoms with Gasteiger partial charge in [0, 0.05) is 6.42 Å². The van der Waals surface area contributed by atoms with E-state index in [1.165, 1.54) is 70.6 Å². The van der Waals surface area contributed by atoms with Crippen molar-refractivity contribution in [3.05, 3.63) is 73.1 Å². The summed E-state index contributed by atoms with van der Waals surface area (Å²) < 4.78 is 33.0. The van der Waals surface area contributed by atoms with Crippen LogP contribution >= 0.6 is 7.82 Å². The maximum atomic E-state index is 12.5. The van der Waals surface area contributed by atoms with Crippen LogP contribution in [0.25, 0.3) is 0 Å². The number of aliphatic hydroxyl groups is 2. The molecule has 0 aliphatic heterocycles. The summed E-state index contributed by atoms with van der Waals surface area (Å²) in [5.41, 5.74) is 0. The number of ether oxygens (including phenoxy) is 2. The third kappa shape index (κ3) is 37.5. The number of unbranched alkanes of at least 4 members (excludes halogenated alkanes) is 13. The summed E-state index contributed by atoms with van der Waals surface area (Å²) in [4.78, 5) is 22.5. The van der Waals surface area contributed by atoms with E-state index in [-0.39, 0.29) is 13.0 Å². The molecule has 0 aromatic carbocycles. The molecule has 0 heterocycles. The van der Waals surface area contributed by atoms with Gasteiger partial charge in [0.15, 0.2) is 6.10 Å². The number of hydrogen-bond donors (Lipinski definition) is 3. The lowest BCUT2D eigenvalue weighted by Crippen LogP contribution is -2.28. The van der Waals surface area contributed by atoms with Crippen LogP contribution in [-0.4, -0.2) is 59.7 Å². The van der Waals surface area contributed by atoms with E-state index in [4.69, 9.17) is 23.6 Å². The van der Waals surface area contributed by atoms with Gasteiger partial charge < -0.3 is 24.6 Å². The molecule has 0 fully saturated rings. The Labute approximate surface area is 316 Å². The Morgan fingerprint density at radius 2 is 1.10 bits per heavy atom. The summed E-state index contributed by atoms with van der Waals surface area (Å²) in [6.07, 6.45) is 45.2. The Morgan fingerprint density at radius 1 is 0.615 bits per heavy atom. The minimum absolute atomic E-state index is 0.0608. The summed E-state index contributed by atoms with van der Waals surface area (Å²) >= 11 is 0. The zero-order valence-corrected chi connectivity index (χ0v) is 33.4. The van der Waals surface area contributed by atoms with E-state index in [1.807, 2.05) is 12.2 Å². The standard InChI is InChI=1S/C42H73O9P/c1-3-5-7-9-11-13-15-17-19-20-21-22-24-26-28-30-32-34-42(45)51-41(39-50-52(46,47)49-37-40(44)36-43)38-48-35-33-31-29-27-25-23-18-16-14-12-10-8-6-4-2/h5,7,11,13,17,19,21-22,26,28,33,35,40-41,43-44H,3-4,6,8-10,12,14-16,18,20,23-25,27,29-32,34,36-39H2,1-2H3,(H,46,47)/b7-5-,13-11-,19-17-,22-21-,28-26-,35-33-/t40-,41+/m0/s1. The quantitative estimate of drug-likeness (QED) is 0.0186. The van der Waals surface area contributed by atoms with Crippen molar-refractivity contribution in [2.45, 2.75) is 161 Å². The monoisotopic (exact) mass is 752 g/mol. The van der Waals surface area contributed by atoms with Gasteiger partial charge >= 0.3 is 13.8 Å². The smallest absolute Gasteiger partial charge is 0.472 e. The lowest BCUT2D eigenvalue weighted by molar-refractivity contribution is -0.153. The molecule has 0 aliphatic rings. The van der Waals surface area contributed by atoms with Crippen LogP contribution in [0.5, 0.6) is 0 Å². The zero-order chi connectivity index (χ0) is 38.2. The van der Waals surface area contributed by atoms with Crippen molar-refractivity contribution in [1.82, 2.24) is 0 Å². The van der Waals surface area contributed by atoms with E-state index in [9.17, 15) is 19.4 Å². The first-order chi connectivity index (χ1) is 25.3. The summed E-state index contributed by atoms with van der Waals surface area (Å²) in [7, 11) is -4.55. The molecule has 0 aliphatic carbocycles. The maximum Gasteiger partial charge on any atom is 0.472 e. The highest BCUT2D eigenvalue weighted by Crippen LogP contribution is 2.43. The van der Waals surface area contributed by atoms with Crippen LogP contribution in [0, 0.1) is 0 Å². The van der Waals surface area contributed by atoms with Gasteiger partial charge in [0.1, 0.15) is 12.7 Å². The lowest BCUT2D eigenvalue weighted by Gasteiger charge is -2.20. The third-order valence-corrected chi connectivity index (χ3v) is 8.92. The van der Waals surface area contributed by atoms with Crippen LogP contribution in [-0.2, 0) is 27.9 Å². The van der Waals surface area contributed by atoms with E-state index in [0.717, 1.165) is 51.4 Å². The first-order valence-corrected chi connectivity index (χ1v) is 21.5. The number of esters is 1. The SMILES string of the molecule is CC/C=C\C/C=C\C/C=C\C/C=C\C/C=C\CCCC(=O)O[C@H](CO/C=C\CCCCCCCCCCCCCC)COP(=O)(O)OC[C@@H](O)CO. The summed E-state index contributed by atoms with van der Waals surface area (Å²) in [5, 5.41) is 18.3. The molecule has 10 heteroatoms. The first-order valence-electron chi connectivity index (χ1n) is 20.0. The molecule has 0 aromatic rings. The molecule has 1 unspecified atom stereocenters. The molecule has 0 saturated heterocycles. The van der Waals surface area contributed by atoms with Crippen molar-refractivity contribution in [3.63, 3.8) is 0 Å². The van der Waals surface area contributed by atoms with E-state index >= 15 is 0 Å². The summed E-state index contributed by atoms with van der Waals surface area (Å²) in [6.45, 7) is 2.68. The molecule has 0 rings (SSSR count). The van der Waals surface area contributed by atoms with Crippen LogP contribution in [0.3, 0.4) is 0 Å².